The minimum absolute atomic E-state index is 0.127. The highest BCUT2D eigenvalue weighted by molar-refractivity contribution is 5.79. The molecule has 0 heterocycles. The zero-order valence-corrected chi connectivity index (χ0v) is 8.35. The quantitative estimate of drug-likeness (QED) is 0.610. The Balaban J connectivity index is 3.60. The molecule has 0 saturated carbocycles. The number of Topliss-reactive ketones (excluding diaryl/α,β-unsaturated/α-hetero) is 1. The Kier molecular flexibility index (Phi) is 5.09. The summed E-state index contributed by atoms with van der Waals surface area (Å²) in [5.74, 6) is 0.127. The number of ether oxygens (including phenoxy) is 2. The number of ketones is 1. The molecule has 0 aliphatic rings. The Bertz CT molecular complexity index is 141. The fourth-order valence-electron chi connectivity index (χ4n) is 0.776. The van der Waals surface area contributed by atoms with Gasteiger partial charge in [-0.1, -0.05) is 0 Å². The van der Waals surface area contributed by atoms with Crippen molar-refractivity contribution in [1.29, 1.82) is 0 Å². The van der Waals surface area contributed by atoms with E-state index in [0.29, 0.717) is 6.42 Å². The van der Waals surface area contributed by atoms with Gasteiger partial charge in [-0.15, -0.1) is 0 Å². The van der Waals surface area contributed by atoms with Crippen LogP contribution in [0.25, 0.3) is 0 Å². The summed E-state index contributed by atoms with van der Waals surface area (Å²) < 4.78 is 9.89. The molecule has 0 aromatic heterocycles. The first-order valence-electron chi connectivity index (χ1n) is 4.07. The Morgan fingerprint density at radius 1 is 1.33 bits per heavy atom. The van der Waals surface area contributed by atoms with Gasteiger partial charge in [0.15, 0.2) is 5.78 Å². The smallest absolute Gasteiger partial charge is 0.158 e. The van der Waals surface area contributed by atoms with Gasteiger partial charge in [-0.2, -0.15) is 0 Å². The maximum atomic E-state index is 11.0. The highest BCUT2D eigenvalue weighted by Crippen LogP contribution is 2.15. The Morgan fingerprint density at radius 2 is 1.92 bits per heavy atom. The molecule has 0 saturated heterocycles. The summed E-state index contributed by atoms with van der Waals surface area (Å²) in [7, 11) is 3.18. The van der Waals surface area contributed by atoms with Crippen LogP contribution in [0.1, 0.15) is 26.7 Å². The first kappa shape index (κ1) is 11.6. The van der Waals surface area contributed by atoms with E-state index in [9.17, 15) is 4.79 Å². The molecule has 3 heteroatoms. The number of carbonyl (C=O) groups excluding carboxylic acids is 1. The van der Waals surface area contributed by atoms with Crippen molar-refractivity contribution >= 4 is 5.78 Å². The highest BCUT2D eigenvalue weighted by Gasteiger charge is 2.17. The molecule has 0 bridgehead atoms. The molecule has 0 spiro atoms. The molecule has 0 aromatic carbocycles. The molecule has 0 aliphatic carbocycles. The number of methoxy groups -OCH3 is 2. The number of rotatable bonds is 6. The van der Waals surface area contributed by atoms with Crippen molar-refractivity contribution in [3.8, 4) is 0 Å². The summed E-state index contributed by atoms with van der Waals surface area (Å²) in [6, 6.07) is 0. The van der Waals surface area contributed by atoms with Gasteiger partial charge in [-0.3, -0.25) is 4.79 Å². The van der Waals surface area contributed by atoms with Crippen molar-refractivity contribution in [3.63, 3.8) is 0 Å². The minimum atomic E-state index is -0.205. The van der Waals surface area contributed by atoms with Crippen LogP contribution in [0.3, 0.4) is 0 Å². The zero-order valence-electron chi connectivity index (χ0n) is 8.35. The summed E-state index contributed by atoms with van der Waals surface area (Å²) in [6.45, 7) is 4.14. The molecular weight excluding hydrogens is 156 g/mol. The summed E-state index contributed by atoms with van der Waals surface area (Å²) in [6.07, 6.45) is 1.26. The van der Waals surface area contributed by atoms with Crippen molar-refractivity contribution in [2.75, 3.05) is 20.8 Å². The molecule has 3 nitrogen and oxygen atoms in total. The predicted molar refractivity (Wildman–Crippen MR) is 47.2 cm³/mol. The molecule has 0 aromatic rings. The Hall–Kier alpha value is -0.410. The van der Waals surface area contributed by atoms with Gasteiger partial charge in [0, 0.05) is 20.6 Å². The van der Waals surface area contributed by atoms with Crippen LogP contribution in [0.5, 0.6) is 0 Å². The topological polar surface area (TPSA) is 35.5 Å². The molecule has 0 radical (unpaired) electrons. The fraction of sp³-hybridized carbons (Fsp3) is 0.889. The standard InChI is InChI=1S/C9H18O3/c1-9(2,12-4)6-5-8(10)7-11-3/h5-7H2,1-4H3. The van der Waals surface area contributed by atoms with Gasteiger partial charge >= 0.3 is 0 Å². The SMILES string of the molecule is COCC(=O)CCC(C)(C)OC. The lowest BCUT2D eigenvalue weighted by Gasteiger charge is -2.21. The molecule has 12 heavy (non-hydrogen) atoms. The summed E-state index contributed by atoms with van der Waals surface area (Å²) >= 11 is 0. The molecule has 72 valence electrons. The molecule has 0 aliphatic heterocycles. The largest absolute Gasteiger partial charge is 0.379 e. The Labute approximate surface area is 74.0 Å². The van der Waals surface area contributed by atoms with Crippen molar-refractivity contribution in [3.05, 3.63) is 0 Å². The monoisotopic (exact) mass is 174 g/mol. The van der Waals surface area contributed by atoms with Crippen LogP contribution >= 0.6 is 0 Å². The normalized spacial score (nSPS) is 11.7. The lowest BCUT2D eigenvalue weighted by molar-refractivity contribution is -0.124. The third kappa shape index (κ3) is 5.27. The number of hydrogen-bond donors (Lipinski definition) is 0. The number of hydrogen-bond acceptors (Lipinski definition) is 3. The molecule has 0 rings (SSSR count). The van der Waals surface area contributed by atoms with Gasteiger partial charge in [0.1, 0.15) is 6.61 Å². The van der Waals surface area contributed by atoms with E-state index >= 15 is 0 Å². The first-order chi connectivity index (χ1) is 5.52. The molecule has 0 atom stereocenters. The summed E-state index contributed by atoms with van der Waals surface area (Å²) in [4.78, 5) is 11.0. The Morgan fingerprint density at radius 3 is 2.33 bits per heavy atom. The minimum Gasteiger partial charge on any atom is -0.379 e. The van der Waals surface area contributed by atoms with E-state index < -0.39 is 0 Å². The zero-order chi connectivity index (χ0) is 9.61. The van der Waals surface area contributed by atoms with Gasteiger partial charge in [-0.05, 0) is 20.3 Å². The third-order valence-electron chi connectivity index (χ3n) is 1.86. The maximum Gasteiger partial charge on any atom is 0.158 e. The van der Waals surface area contributed by atoms with Gasteiger partial charge in [0.2, 0.25) is 0 Å². The van der Waals surface area contributed by atoms with Crippen LogP contribution in [-0.2, 0) is 14.3 Å². The molecule has 0 unspecified atom stereocenters. The van der Waals surface area contributed by atoms with Crippen LogP contribution in [0, 0.1) is 0 Å². The van der Waals surface area contributed by atoms with Gasteiger partial charge in [0.05, 0.1) is 5.60 Å². The second-order valence-electron chi connectivity index (χ2n) is 3.44. The van der Waals surface area contributed by atoms with Crippen molar-refractivity contribution in [1.82, 2.24) is 0 Å². The average Bonchev–Trinajstić information content (AvgIpc) is 2.02. The van der Waals surface area contributed by atoms with Crippen LogP contribution < -0.4 is 0 Å². The fourth-order valence-corrected chi connectivity index (χ4v) is 0.776. The van der Waals surface area contributed by atoms with E-state index in [1.54, 1.807) is 7.11 Å². The van der Waals surface area contributed by atoms with E-state index in [1.165, 1.54) is 7.11 Å². The average molecular weight is 174 g/mol. The molecule has 0 fully saturated rings. The second kappa shape index (κ2) is 5.27. The highest BCUT2D eigenvalue weighted by atomic mass is 16.5. The third-order valence-corrected chi connectivity index (χ3v) is 1.86. The lowest BCUT2D eigenvalue weighted by atomic mass is 10.0. The van der Waals surface area contributed by atoms with Crippen molar-refractivity contribution in [2.24, 2.45) is 0 Å². The van der Waals surface area contributed by atoms with E-state index in [-0.39, 0.29) is 18.0 Å². The summed E-state index contributed by atoms with van der Waals surface area (Å²) in [5.41, 5.74) is -0.205. The van der Waals surface area contributed by atoms with Gasteiger partial charge in [-0.25, -0.2) is 0 Å². The van der Waals surface area contributed by atoms with E-state index in [1.807, 2.05) is 13.8 Å². The van der Waals surface area contributed by atoms with Crippen LogP contribution in [0.2, 0.25) is 0 Å². The first-order valence-corrected chi connectivity index (χ1v) is 4.07. The van der Waals surface area contributed by atoms with Gasteiger partial charge < -0.3 is 9.47 Å². The van der Waals surface area contributed by atoms with Crippen molar-refractivity contribution in [2.45, 2.75) is 32.3 Å². The van der Waals surface area contributed by atoms with E-state index in [4.69, 9.17) is 9.47 Å². The van der Waals surface area contributed by atoms with E-state index in [0.717, 1.165) is 6.42 Å². The second-order valence-corrected chi connectivity index (χ2v) is 3.44. The number of carbonyl (C=O) groups is 1. The predicted octanol–water partition coefficient (Wildman–Crippen LogP) is 1.41. The van der Waals surface area contributed by atoms with E-state index in [2.05, 4.69) is 0 Å². The molecular formula is C9H18O3. The molecule has 0 N–H and O–H groups in total. The maximum absolute atomic E-state index is 11.0. The van der Waals surface area contributed by atoms with Crippen LogP contribution in [-0.4, -0.2) is 32.2 Å². The lowest BCUT2D eigenvalue weighted by Crippen LogP contribution is -2.24. The van der Waals surface area contributed by atoms with Gasteiger partial charge in [0.25, 0.3) is 0 Å². The molecule has 0 amide bonds. The van der Waals surface area contributed by atoms with Crippen molar-refractivity contribution < 1.29 is 14.3 Å². The summed E-state index contributed by atoms with van der Waals surface area (Å²) in [5, 5.41) is 0. The van der Waals surface area contributed by atoms with Crippen LogP contribution in [0.15, 0.2) is 0 Å². The van der Waals surface area contributed by atoms with Crippen LogP contribution in [0.4, 0.5) is 0 Å².